The third-order valence-corrected chi connectivity index (χ3v) is 5.78. The van der Waals surface area contributed by atoms with E-state index in [2.05, 4.69) is 15.7 Å². The maximum absolute atomic E-state index is 14.3. The Bertz CT molecular complexity index is 1360. The number of carbonyl (C=O) groups excluding carboxylic acids is 1. The first-order valence-electron chi connectivity index (χ1n) is 11.9. The van der Waals surface area contributed by atoms with Crippen molar-refractivity contribution in [1.29, 1.82) is 5.41 Å². The van der Waals surface area contributed by atoms with Crippen molar-refractivity contribution >= 4 is 29.2 Å². The molecule has 1 aliphatic heterocycles. The van der Waals surface area contributed by atoms with Gasteiger partial charge in [-0.15, -0.1) is 0 Å². The van der Waals surface area contributed by atoms with Crippen LogP contribution in [0.3, 0.4) is 0 Å². The molecule has 2 aromatic carbocycles. The summed E-state index contributed by atoms with van der Waals surface area (Å²) >= 11 is 0. The van der Waals surface area contributed by atoms with Crippen LogP contribution >= 0.6 is 0 Å². The summed E-state index contributed by atoms with van der Waals surface area (Å²) in [5, 5.41) is 25.1. The highest BCUT2D eigenvalue weighted by atomic mass is 19.1. The van der Waals surface area contributed by atoms with E-state index in [-0.39, 0.29) is 17.8 Å². The number of hydrogen-bond donors (Lipinski definition) is 5. The highest BCUT2D eigenvalue weighted by Crippen LogP contribution is 2.36. The minimum absolute atomic E-state index is 0.0465. The lowest BCUT2D eigenvalue weighted by Crippen LogP contribution is -2.29. The lowest BCUT2D eigenvalue weighted by atomic mass is 10.1. The maximum atomic E-state index is 14.3. The average Bonchev–Trinajstić information content (AvgIpc) is 3.32. The summed E-state index contributed by atoms with van der Waals surface area (Å²) in [6, 6.07) is 8.91. The lowest BCUT2D eigenvalue weighted by molar-refractivity contribution is 0.102. The van der Waals surface area contributed by atoms with Crippen LogP contribution in [0.2, 0.25) is 0 Å². The van der Waals surface area contributed by atoms with E-state index in [1.165, 1.54) is 18.3 Å². The molecule has 1 atom stereocenters. The molecular weight excluding hydrogens is 496 g/mol. The predicted octanol–water partition coefficient (Wildman–Crippen LogP) is 2.73. The molecule has 0 spiro atoms. The van der Waals surface area contributed by atoms with E-state index in [9.17, 15) is 18.4 Å². The molecular formula is C26H31F2N7O3. The fourth-order valence-electron chi connectivity index (χ4n) is 4.19. The molecule has 0 aliphatic carbocycles. The quantitative estimate of drug-likeness (QED) is 0.297. The number of aliphatic hydroxyl groups is 1. The van der Waals surface area contributed by atoms with E-state index in [1.54, 1.807) is 12.1 Å². The molecule has 2 heterocycles. The van der Waals surface area contributed by atoms with Crippen molar-refractivity contribution in [3.05, 3.63) is 75.7 Å². The number of hydrogen-bond acceptors (Lipinski definition) is 8. The topological polar surface area (TPSA) is 149 Å². The zero-order valence-corrected chi connectivity index (χ0v) is 21.3. The molecule has 0 radical (unpaired) electrons. The van der Waals surface area contributed by atoms with Crippen molar-refractivity contribution in [1.82, 2.24) is 9.78 Å². The Labute approximate surface area is 218 Å². The van der Waals surface area contributed by atoms with Crippen LogP contribution in [-0.2, 0) is 0 Å². The molecule has 1 saturated heterocycles. The molecule has 202 valence electrons. The van der Waals surface area contributed by atoms with Gasteiger partial charge in [-0.1, -0.05) is 6.07 Å². The number of nitrogens with two attached hydrogens (primary N) is 1. The minimum Gasteiger partial charge on any atom is -0.400 e. The van der Waals surface area contributed by atoms with Gasteiger partial charge in [0, 0.05) is 55.8 Å². The van der Waals surface area contributed by atoms with Crippen LogP contribution in [0.15, 0.2) is 47.3 Å². The molecule has 1 unspecified atom stereocenters. The SMILES string of the molecule is CC(C)Nc1ccc(NC(=O)c2ccc(=O)n(-c3c(F)cccc3F)n2)c(N2CCC(N)C2)c1C=N.CO. The van der Waals surface area contributed by atoms with Crippen molar-refractivity contribution < 1.29 is 18.7 Å². The van der Waals surface area contributed by atoms with Gasteiger partial charge in [0.25, 0.3) is 11.5 Å². The second-order valence-electron chi connectivity index (χ2n) is 8.85. The van der Waals surface area contributed by atoms with E-state index in [0.29, 0.717) is 34.7 Å². The number of benzene rings is 2. The van der Waals surface area contributed by atoms with Crippen LogP contribution in [-0.4, -0.2) is 59.3 Å². The summed E-state index contributed by atoms with van der Waals surface area (Å²) in [7, 11) is 1.00. The van der Waals surface area contributed by atoms with Crippen molar-refractivity contribution in [2.45, 2.75) is 32.4 Å². The number of nitrogens with one attached hydrogen (secondary N) is 3. The van der Waals surface area contributed by atoms with Crippen LogP contribution in [0.5, 0.6) is 0 Å². The van der Waals surface area contributed by atoms with Gasteiger partial charge >= 0.3 is 0 Å². The number of aliphatic hydroxyl groups excluding tert-OH is 1. The number of aromatic nitrogens is 2. The first kappa shape index (κ1) is 28.4. The van der Waals surface area contributed by atoms with E-state index in [4.69, 9.17) is 16.2 Å². The Balaban J connectivity index is 0.00000195. The van der Waals surface area contributed by atoms with Gasteiger partial charge in [0.05, 0.1) is 11.4 Å². The third-order valence-electron chi connectivity index (χ3n) is 5.78. The Hall–Kier alpha value is -4.16. The average molecular weight is 528 g/mol. The summed E-state index contributed by atoms with van der Waals surface area (Å²) in [4.78, 5) is 27.5. The van der Waals surface area contributed by atoms with Crippen LogP contribution in [0.25, 0.3) is 5.69 Å². The van der Waals surface area contributed by atoms with Crippen molar-refractivity contribution in [3.63, 3.8) is 0 Å². The fraction of sp³-hybridized carbons (Fsp3) is 0.308. The van der Waals surface area contributed by atoms with Gasteiger partial charge in [0.2, 0.25) is 0 Å². The van der Waals surface area contributed by atoms with E-state index < -0.39 is 28.8 Å². The smallest absolute Gasteiger partial charge is 0.276 e. The number of amides is 1. The normalized spacial score (nSPS) is 14.6. The van der Waals surface area contributed by atoms with E-state index in [0.717, 1.165) is 37.4 Å². The Morgan fingerprint density at radius 1 is 1.13 bits per heavy atom. The van der Waals surface area contributed by atoms with Gasteiger partial charge in [-0.25, -0.2) is 8.78 Å². The second kappa shape index (κ2) is 12.4. The Morgan fingerprint density at radius 2 is 1.79 bits per heavy atom. The van der Waals surface area contributed by atoms with E-state index in [1.807, 2.05) is 18.7 Å². The van der Waals surface area contributed by atoms with Gasteiger partial charge in [0.1, 0.15) is 11.4 Å². The van der Waals surface area contributed by atoms with Gasteiger partial charge in [0.15, 0.2) is 11.6 Å². The number of rotatable bonds is 7. The highest BCUT2D eigenvalue weighted by Gasteiger charge is 2.26. The first-order valence-corrected chi connectivity index (χ1v) is 11.9. The molecule has 1 aliphatic rings. The standard InChI is InChI=1S/C25H27F2N7O2.CH4O/c1-14(2)30-19-6-7-20(23(16(19)12-28)33-11-10-15(29)13-33)31-25(36)21-8-9-22(35)34(32-21)24-17(26)4-3-5-18(24)27;1-2/h3-9,12,14-15,28,30H,10-11,13,29H2,1-2H3,(H,31,36);2H,1H3. The van der Waals surface area contributed by atoms with Crippen molar-refractivity contribution in [2.24, 2.45) is 5.73 Å². The molecule has 12 heteroatoms. The van der Waals surface area contributed by atoms with Gasteiger partial charge in [-0.05, 0) is 50.6 Å². The van der Waals surface area contributed by atoms with Gasteiger partial charge < -0.3 is 31.8 Å². The molecule has 38 heavy (non-hydrogen) atoms. The number of nitrogens with zero attached hydrogens (tertiary/aromatic N) is 3. The highest BCUT2D eigenvalue weighted by molar-refractivity contribution is 6.08. The number of halogens is 2. The van der Waals surface area contributed by atoms with Crippen LogP contribution < -0.4 is 26.8 Å². The minimum atomic E-state index is -0.987. The van der Waals surface area contributed by atoms with Crippen LogP contribution in [0, 0.1) is 17.0 Å². The summed E-state index contributed by atoms with van der Waals surface area (Å²) in [6.45, 7) is 5.15. The second-order valence-corrected chi connectivity index (χ2v) is 8.85. The first-order chi connectivity index (χ1) is 18.2. The van der Waals surface area contributed by atoms with Gasteiger partial charge in [-0.3, -0.25) is 9.59 Å². The van der Waals surface area contributed by atoms with Crippen molar-refractivity contribution in [3.8, 4) is 5.69 Å². The zero-order valence-electron chi connectivity index (χ0n) is 21.3. The Morgan fingerprint density at radius 3 is 2.37 bits per heavy atom. The largest absolute Gasteiger partial charge is 0.400 e. The Kier molecular flexibility index (Phi) is 9.26. The fourth-order valence-corrected chi connectivity index (χ4v) is 4.19. The molecule has 0 bridgehead atoms. The summed E-state index contributed by atoms with van der Waals surface area (Å²) in [5.41, 5.74) is 6.80. The van der Waals surface area contributed by atoms with Crippen molar-refractivity contribution in [2.75, 3.05) is 35.7 Å². The molecule has 10 nitrogen and oxygen atoms in total. The molecule has 1 aromatic heterocycles. The molecule has 3 aromatic rings. The summed E-state index contributed by atoms with van der Waals surface area (Å²) in [5.74, 6) is -2.66. The van der Waals surface area contributed by atoms with Crippen LogP contribution in [0.4, 0.5) is 25.8 Å². The molecule has 1 fully saturated rings. The summed E-state index contributed by atoms with van der Waals surface area (Å²) < 4.78 is 29.1. The number of carbonyl (C=O) groups is 1. The predicted molar refractivity (Wildman–Crippen MR) is 144 cm³/mol. The van der Waals surface area contributed by atoms with Crippen LogP contribution in [0.1, 0.15) is 36.3 Å². The molecule has 6 N–H and O–H groups in total. The molecule has 0 saturated carbocycles. The van der Waals surface area contributed by atoms with Gasteiger partial charge in [-0.2, -0.15) is 9.78 Å². The number of para-hydroxylation sites is 1. The number of anilines is 3. The lowest BCUT2D eigenvalue weighted by Gasteiger charge is -2.26. The van der Waals surface area contributed by atoms with E-state index >= 15 is 0 Å². The summed E-state index contributed by atoms with van der Waals surface area (Å²) in [6.07, 6.45) is 1.98. The monoisotopic (exact) mass is 527 g/mol. The molecule has 4 rings (SSSR count). The molecule has 1 amide bonds. The third kappa shape index (κ3) is 6.03. The maximum Gasteiger partial charge on any atom is 0.276 e. The zero-order chi connectivity index (χ0) is 28.0.